The Morgan fingerprint density at radius 3 is 2.28 bits per heavy atom. The molecule has 1 saturated heterocycles. The van der Waals surface area contributed by atoms with Gasteiger partial charge in [-0.2, -0.15) is 9.40 Å². The van der Waals surface area contributed by atoms with Crippen LogP contribution in [0, 0.1) is 0 Å². The quantitative estimate of drug-likeness (QED) is 0.440. The number of anilines is 1. The van der Waals surface area contributed by atoms with E-state index in [-0.39, 0.29) is 0 Å². The van der Waals surface area contributed by atoms with Gasteiger partial charge in [0.2, 0.25) is 10.0 Å². The fraction of sp³-hybridized carbons (Fsp3) is 0.435. The highest BCUT2D eigenvalue weighted by atomic mass is 35.5. The molecule has 32 heavy (non-hydrogen) atoms. The van der Waals surface area contributed by atoms with Crippen LogP contribution in [0.2, 0.25) is 10.0 Å². The van der Waals surface area contributed by atoms with E-state index in [1.807, 2.05) is 28.9 Å². The molecule has 0 amide bonds. The summed E-state index contributed by atoms with van der Waals surface area (Å²) in [6.07, 6.45) is 2.89. The molecule has 9 heteroatoms. The highest BCUT2D eigenvalue weighted by molar-refractivity contribution is 7.89. The summed E-state index contributed by atoms with van der Waals surface area (Å²) < 4.78 is 30.0. The summed E-state index contributed by atoms with van der Waals surface area (Å²) in [6.45, 7) is 7.20. The summed E-state index contributed by atoms with van der Waals surface area (Å²) in [5, 5.41) is 6.83. The van der Waals surface area contributed by atoms with Crippen LogP contribution in [-0.4, -0.2) is 48.7 Å². The van der Waals surface area contributed by atoms with Gasteiger partial charge in [-0.05, 0) is 57.0 Å². The van der Waals surface area contributed by atoms with Crippen molar-refractivity contribution in [3.8, 4) is 0 Å². The Labute approximate surface area is 199 Å². The number of hydrogen-bond donors (Lipinski definition) is 0. The van der Waals surface area contributed by atoms with Crippen LogP contribution in [0.4, 0.5) is 5.82 Å². The number of fused-ring (bicyclic) bond motifs is 1. The standard InChI is InChI=1S/C23H28Cl2N4O2S/c1-3-27(4-2)23-18-15-17(32(30,31)28-13-6-5-7-14-28)11-12-22(18)29(26-23)16-19-20(24)9-8-10-21(19)25/h8-12,15H,3-7,13-14,16H2,1-2H3. The summed E-state index contributed by atoms with van der Waals surface area (Å²) >= 11 is 12.8. The molecule has 0 aliphatic carbocycles. The van der Waals surface area contributed by atoms with Gasteiger partial charge in [0.25, 0.3) is 0 Å². The van der Waals surface area contributed by atoms with Gasteiger partial charge in [-0.3, -0.25) is 4.68 Å². The van der Waals surface area contributed by atoms with Crippen molar-refractivity contribution in [1.29, 1.82) is 0 Å². The van der Waals surface area contributed by atoms with Crippen molar-refractivity contribution < 1.29 is 8.42 Å². The van der Waals surface area contributed by atoms with Gasteiger partial charge in [0.05, 0.1) is 17.0 Å². The Balaban J connectivity index is 1.83. The van der Waals surface area contributed by atoms with Crippen molar-refractivity contribution in [3.63, 3.8) is 0 Å². The predicted molar refractivity (Wildman–Crippen MR) is 131 cm³/mol. The molecule has 0 radical (unpaired) electrons. The minimum Gasteiger partial charge on any atom is -0.355 e. The minimum atomic E-state index is -3.54. The third-order valence-corrected chi connectivity index (χ3v) is 8.69. The van der Waals surface area contributed by atoms with Gasteiger partial charge in [-0.15, -0.1) is 0 Å². The molecule has 0 unspecified atom stereocenters. The van der Waals surface area contributed by atoms with Crippen molar-refractivity contribution in [2.75, 3.05) is 31.1 Å². The lowest BCUT2D eigenvalue weighted by atomic mass is 10.2. The first kappa shape index (κ1) is 23.4. The summed E-state index contributed by atoms with van der Waals surface area (Å²) in [5.41, 5.74) is 1.64. The lowest BCUT2D eigenvalue weighted by Gasteiger charge is -2.26. The Kier molecular flexibility index (Phi) is 7.00. The number of piperidine rings is 1. The number of halogens is 2. The highest BCUT2D eigenvalue weighted by Crippen LogP contribution is 2.32. The highest BCUT2D eigenvalue weighted by Gasteiger charge is 2.27. The first-order valence-electron chi connectivity index (χ1n) is 11.0. The Morgan fingerprint density at radius 1 is 1.00 bits per heavy atom. The molecule has 0 saturated carbocycles. The zero-order valence-corrected chi connectivity index (χ0v) is 20.7. The zero-order chi connectivity index (χ0) is 22.9. The predicted octanol–water partition coefficient (Wildman–Crippen LogP) is 5.41. The Morgan fingerprint density at radius 2 is 1.66 bits per heavy atom. The van der Waals surface area contributed by atoms with Gasteiger partial charge in [0.15, 0.2) is 5.82 Å². The van der Waals surface area contributed by atoms with E-state index in [1.165, 1.54) is 0 Å². The molecule has 1 aromatic heterocycles. The van der Waals surface area contributed by atoms with E-state index in [4.69, 9.17) is 28.3 Å². The molecule has 1 fully saturated rings. The molecule has 1 aliphatic rings. The first-order valence-corrected chi connectivity index (χ1v) is 13.2. The van der Waals surface area contributed by atoms with E-state index in [2.05, 4.69) is 18.7 Å². The fourth-order valence-electron chi connectivity index (χ4n) is 4.27. The Hall–Kier alpha value is -1.80. The second kappa shape index (κ2) is 9.59. The van der Waals surface area contributed by atoms with Crippen molar-refractivity contribution in [3.05, 3.63) is 52.0 Å². The number of rotatable bonds is 7. The topological polar surface area (TPSA) is 58.4 Å². The first-order chi connectivity index (χ1) is 15.4. The van der Waals surface area contributed by atoms with E-state index in [1.54, 1.807) is 16.4 Å². The molecule has 2 heterocycles. The van der Waals surface area contributed by atoms with Crippen LogP contribution in [0.3, 0.4) is 0 Å². The van der Waals surface area contributed by atoms with Crippen LogP contribution in [-0.2, 0) is 16.6 Å². The molecule has 4 rings (SSSR count). The number of benzene rings is 2. The third-order valence-electron chi connectivity index (χ3n) is 6.09. The lowest BCUT2D eigenvalue weighted by molar-refractivity contribution is 0.346. The van der Waals surface area contributed by atoms with Crippen molar-refractivity contribution >= 4 is 49.9 Å². The van der Waals surface area contributed by atoms with Crippen molar-refractivity contribution in [2.45, 2.75) is 44.6 Å². The van der Waals surface area contributed by atoms with Crippen LogP contribution in [0.25, 0.3) is 10.9 Å². The molecular weight excluding hydrogens is 467 g/mol. The number of aromatic nitrogens is 2. The zero-order valence-electron chi connectivity index (χ0n) is 18.4. The van der Waals surface area contributed by atoms with Crippen LogP contribution in [0.1, 0.15) is 38.7 Å². The SMILES string of the molecule is CCN(CC)c1nn(Cc2c(Cl)cccc2Cl)c2ccc(S(=O)(=O)N3CCCCC3)cc12. The lowest BCUT2D eigenvalue weighted by Crippen LogP contribution is -2.35. The maximum Gasteiger partial charge on any atom is 0.243 e. The van der Waals surface area contributed by atoms with E-state index >= 15 is 0 Å². The van der Waals surface area contributed by atoms with E-state index in [9.17, 15) is 8.42 Å². The summed E-state index contributed by atoms with van der Waals surface area (Å²) in [5.74, 6) is 0.767. The summed E-state index contributed by atoms with van der Waals surface area (Å²) in [6, 6.07) is 10.7. The van der Waals surface area contributed by atoms with Crippen LogP contribution in [0.15, 0.2) is 41.3 Å². The molecule has 2 aromatic carbocycles. The van der Waals surface area contributed by atoms with E-state index < -0.39 is 10.0 Å². The molecule has 0 atom stereocenters. The number of hydrogen-bond acceptors (Lipinski definition) is 4. The summed E-state index contributed by atoms with van der Waals surface area (Å²) in [7, 11) is -3.54. The maximum absolute atomic E-state index is 13.3. The van der Waals surface area contributed by atoms with Crippen molar-refractivity contribution in [1.82, 2.24) is 14.1 Å². The minimum absolute atomic E-state index is 0.315. The van der Waals surface area contributed by atoms with Gasteiger partial charge >= 0.3 is 0 Å². The van der Waals surface area contributed by atoms with Gasteiger partial charge in [-0.25, -0.2) is 8.42 Å². The molecule has 0 bridgehead atoms. The second-order valence-corrected chi connectivity index (χ2v) is 10.7. The third kappa shape index (κ3) is 4.36. The van der Waals surface area contributed by atoms with Crippen LogP contribution < -0.4 is 4.90 Å². The molecule has 172 valence electrons. The van der Waals surface area contributed by atoms with Crippen LogP contribution in [0.5, 0.6) is 0 Å². The second-order valence-electron chi connectivity index (χ2n) is 8.00. The molecule has 6 nitrogen and oxygen atoms in total. The van der Waals surface area contributed by atoms with Crippen molar-refractivity contribution in [2.24, 2.45) is 0 Å². The fourth-order valence-corrected chi connectivity index (χ4v) is 6.33. The average Bonchev–Trinajstić information content (AvgIpc) is 3.15. The summed E-state index contributed by atoms with van der Waals surface area (Å²) in [4.78, 5) is 2.44. The van der Waals surface area contributed by atoms with Gasteiger partial charge in [0.1, 0.15) is 0 Å². The van der Waals surface area contributed by atoms with Crippen LogP contribution >= 0.6 is 23.2 Å². The monoisotopic (exact) mass is 494 g/mol. The Bertz CT molecular complexity index is 1200. The molecule has 0 N–H and O–H groups in total. The normalized spacial score (nSPS) is 15.4. The molecule has 0 spiro atoms. The van der Waals surface area contributed by atoms with Gasteiger partial charge < -0.3 is 4.90 Å². The number of nitrogens with zero attached hydrogens (tertiary/aromatic N) is 4. The average molecular weight is 495 g/mol. The number of sulfonamides is 1. The van der Waals surface area contributed by atoms with E-state index in [0.717, 1.165) is 54.6 Å². The smallest absolute Gasteiger partial charge is 0.243 e. The largest absolute Gasteiger partial charge is 0.355 e. The molecule has 3 aromatic rings. The maximum atomic E-state index is 13.3. The molecular formula is C23H28Cl2N4O2S. The van der Waals surface area contributed by atoms with Gasteiger partial charge in [0, 0.05) is 47.2 Å². The molecule has 1 aliphatic heterocycles. The van der Waals surface area contributed by atoms with E-state index in [0.29, 0.717) is 34.6 Å². The van der Waals surface area contributed by atoms with Gasteiger partial charge in [-0.1, -0.05) is 35.7 Å².